The lowest BCUT2D eigenvalue weighted by Gasteiger charge is -2.24. The summed E-state index contributed by atoms with van der Waals surface area (Å²) >= 11 is 0. The van der Waals surface area contributed by atoms with Crippen LogP contribution in [0, 0.1) is 0 Å². The molecule has 7 heteroatoms. The summed E-state index contributed by atoms with van der Waals surface area (Å²) in [6, 6.07) is 1.69. The molecule has 6 nitrogen and oxygen atoms in total. The van der Waals surface area contributed by atoms with Crippen molar-refractivity contribution in [3.05, 3.63) is 18.0 Å². The van der Waals surface area contributed by atoms with Gasteiger partial charge in [-0.3, -0.25) is 14.2 Å². The monoisotopic (exact) mass is 257 g/mol. The van der Waals surface area contributed by atoms with E-state index in [4.69, 9.17) is 0 Å². The maximum absolute atomic E-state index is 11.7. The van der Waals surface area contributed by atoms with Gasteiger partial charge in [0, 0.05) is 13.2 Å². The first-order valence-corrected chi connectivity index (χ1v) is 7.05. The summed E-state index contributed by atoms with van der Waals surface area (Å²) in [5.41, 5.74) is 0.564. The summed E-state index contributed by atoms with van der Waals surface area (Å²) in [6.07, 6.45) is 3.91. The Balaban J connectivity index is 1.93. The lowest BCUT2D eigenvalue weighted by atomic mass is 10.0. The van der Waals surface area contributed by atoms with Crippen molar-refractivity contribution >= 4 is 15.9 Å². The zero-order chi connectivity index (χ0) is 12.5. The molecule has 0 aromatic carbocycles. The van der Waals surface area contributed by atoms with Crippen LogP contribution in [-0.4, -0.2) is 29.4 Å². The Morgan fingerprint density at radius 2 is 2.29 bits per heavy atom. The van der Waals surface area contributed by atoms with E-state index >= 15 is 0 Å². The van der Waals surface area contributed by atoms with Crippen LogP contribution in [-0.2, 0) is 28.3 Å². The van der Waals surface area contributed by atoms with Gasteiger partial charge in [0.1, 0.15) is 0 Å². The van der Waals surface area contributed by atoms with Gasteiger partial charge in [-0.2, -0.15) is 5.10 Å². The number of carbonyl (C=O) groups is 1. The maximum atomic E-state index is 11.7. The van der Waals surface area contributed by atoms with E-state index in [9.17, 15) is 13.2 Å². The molecular weight excluding hydrogens is 242 g/mol. The molecular formula is C10H15N3O3S. The molecule has 1 aromatic rings. The average molecular weight is 257 g/mol. The van der Waals surface area contributed by atoms with Crippen molar-refractivity contribution in [2.75, 3.05) is 0 Å². The standard InChI is InChI=1S/C10H15N3O3S/c1-13-6-5-8(11-13)7-10(14)12-17(15,16)9-3-2-4-9/h5-6,9H,2-4,7H2,1H3,(H,12,14). The minimum atomic E-state index is -3.47. The number of aryl methyl sites for hydroxylation is 1. The molecule has 1 fully saturated rings. The fraction of sp³-hybridized carbons (Fsp3) is 0.600. The Morgan fingerprint density at radius 1 is 1.59 bits per heavy atom. The van der Waals surface area contributed by atoms with E-state index in [2.05, 4.69) is 9.82 Å². The molecule has 94 valence electrons. The number of nitrogens with one attached hydrogen (secondary N) is 1. The van der Waals surface area contributed by atoms with Gasteiger partial charge in [0.05, 0.1) is 17.4 Å². The van der Waals surface area contributed by atoms with Crippen LogP contribution in [0.1, 0.15) is 25.0 Å². The van der Waals surface area contributed by atoms with E-state index in [1.807, 2.05) is 0 Å². The number of hydrogen-bond donors (Lipinski definition) is 1. The first kappa shape index (κ1) is 12.1. The summed E-state index contributed by atoms with van der Waals surface area (Å²) in [6.45, 7) is 0. The Morgan fingerprint density at radius 3 is 2.76 bits per heavy atom. The zero-order valence-electron chi connectivity index (χ0n) is 9.59. The molecule has 1 aromatic heterocycles. The number of nitrogens with zero attached hydrogens (tertiary/aromatic N) is 2. The molecule has 0 spiro atoms. The second-order valence-corrected chi connectivity index (χ2v) is 6.24. The lowest BCUT2D eigenvalue weighted by Crippen LogP contribution is -2.42. The summed E-state index contributed by atoms with van der Waals surface area (Å²) in [5, 5.41) is 3.63. The molecule has 0 bridgehead atoms. The number of sulfonamides is 1. The Hall–Kier alpha value is -1.37. The van der Waals surface area contributed by atoms with Crippen LogP contribution in [0.2, 0.25) is 0 Å². The van der Waals surface area contributed by atoms with Crippen molar-refractivity contribution in [2.24, 2.45) is 7.05 Å². The third-order valence-electron chi connectivity index (χ3n) is 2.86. The van der Waals surface area contributed by atoms with Crippen molar-refractivity contribution in [1.29, 1.82) is 0 Å². The molecule has 1 aliphatic rings. The Bertz CT molecular complexity index is 517. The van der Waals surface area contributed by atoms with Gasteiger partial charge in [-0.15, -0.1) is 0 Å². The number of rotatable bonds is 4. The van der Waals surface area contributed by atoms with Gasteiger partial charge in [-0.05, 0) is 18.9 Å². The fourth-order valence-electron chi connectivity index (χ4n) is 1.68. The molecule has 1 saturated carbocycles. The molecule has 0 aliphatic heterocycles. The van der Waals surface area contributed by atoms with Gasteiger partial charge in [0.2, 0.25) is 15.9 Å². The number of amides is 1. The van der Waals surface area contributed by atoms with Crippen molar-refractivity contribution in [3.63, 3.8) is 0 Å². The van der Waals surface area contributed by atoms with Gasteiger partial charge in [-0.1, -0.05) is 6.42 Å². The van der Waals surface area contributed by atoms with E-state index < -0.39 is 21.2 Å². The van der Waals surface area contributed by atoms with Crippen LogP contribution in [0.4, 0.5) is 0 Å². The molecule has 0 saturated heterocycles. The smallest absolute Gasteiger partial charge is 0.239 e. The molecule has 1 N–H and O–H groups in total. The van der Waals surface area contributed by atoms with Crippen LogP contribution in [0.5, 0.6) is 0 Å². The number of aromatic nitrogens is 2. The van der Waals surface area contributed by atoms with Crippen molar-refractivity contribution in [1.82, 2.24) is 14.5 Å². The minimum Gasteiger partial charge on any atom is -0.276 e. The number of carbonyl (C=O) groups excluding carboxylic acids is 1. The highest BCUT2D eigenvalue weighted by Gasteiger charge is 2.32. The molecule has 1 heterocycles. The molecule has 1 amide bonds. The third kappa shape index (κ3) is 2.85. The summed E-state index contributed by atoms with van der Waals surface area (Å²) in [4.78, 5) is 11.5. The van der Waals surface area contributed by atoms with Crippen LogP contribution in [0.25, 0.3) is 0 Å². The zero-order valence-corrected chi connectivity index (χ0v) is 10.4. The second kappa shape index (κ2) is 4.48. The quantitative estimate of drug-likeness (QED) is 0.820. The molecule has 17 heavy (non-hydrogen) atoms. The van der Waals surface area contributed by atoms with Gasteiger partial charge in [-0.25, -0.2) is 8.42 Å². The highest BCUT2D eigenvalue weighted by atomic mass is 32.2. The average Bonchev–Trinajstić information content (AvgIpc) is 2.44. The highest BCUT2D eigenvalue weighted by molar-refractivity contribution is 7.90. The van der Waals surface area contributed by atoms with Crippen molar-refractivity contribution in [3.8, 4) is 0 Å². The fourth-order valence-corrected chi connectivity index (χ4v) is 3.19. The predicted molar refractivity (Wildman–Crippen MR) is 61.6 cm³/mol. The van der Waals surface area contributed by atoms with Gasteiger partial charge >= 0.3 is 0 Å². The topological polar surface area (TPSA) is 81.1 Å². The second-order valence-electron chi connectivity index (χ2n) is 4.28. The minimum absolute atomic E-state index is 0.00715. The van der Waals surface area contributed by atoms with Crippen LogP contribution in [0.15, 0.2) is 12.3 Å². The van der Waals surface area contributed by atoms with Crippen molar-refractivity contribution in [2.45, 2.75) is 30.9 Å². The SMILES string of the molecule is Cn1ccc(CC(=O)NS(=O)(=O)C2CCC2)n1. The molecule has 0 atom stereocenters. The molecule has 0 radical (unpaired) electrons. The van der Waals surface area contributed by atoms with Crippen molar-refractivity contribution < 1.29 is 13.2 Å². The van der Waals surface area contributed by atoms with Crippen LogP contribution in [0.3, 0.4) is 0 Å². The predicted octanol–water partition coefficient (Wildman–Crippen LogP) is -0.0389. The maximum Gasteiger partial charge on any atom is 0.239 e. The van der Waals surface area contributed by atoms with E-state index in [-0.39, 0.29) is 6.42 Å². The Kier molecular flexibility index (Phi) is 3.19. The molecule has 2 rings (SSSR count). The highest BCUT2D eigenvalue weighted by Crippen LogP contribution is 2.25. The van der Waals surface area contributed by atoms with Gasteiger partial charge < -0.3 is 0 Å². The third-order valence-corrected chi connectivity index (χ3v) is 4.72. The normalized spacial score (nSPS) is 16.5. The van der Waals surface area contributed by atoms with Crippen LogP contribution >= 0.6 is 0 Å². The van der Waals surface area contributed by atoms with E-state index in [1.165, 1.54) is 0 Å². The van der Waals surface area contributed by atoms with E-state index in [1.54, 1.807) is 24.0 Å². The van der Waals surface area contributed by atoms with Gasteiger partial charge in [0.25, 0.3) is 0 Å². The molecule has 1 aliphatic carbocycles. The molecule has 0 unspecified atom stereocenters. The van der Waals surface area contributed by atoms with E-state index in [0.29, 0.717) is 18.5 Å². The first-order valence-electron chi connectivity index (χ1n) is 5.50. The van der Waals surface area contributed by atoms with Gasteiger partial charge in [0.15, 0.2) is 0 Å². The summed E-state index contributed by atoms with van der Waals surface area (Å²) < 4.78 is 27.0. The Labute approximate surface area is 100 Å². The largest absolute Gasteiger partial charge is 0.276 e. The number of hydrogen-bond acceptors (Lipinski definition) is 4. The van der Waals surface area contributed by atoms with Crippen LogP contribution < -0.4 is 4.72 Å². The summed E-state index contributed by atoms with van der Waals surface area (Å²) in [5.74, 6) is -0.518. The first-order chi connectivity index (χ1) is 7.97. The lowest BCUT2D eigenvalue weighted by molar-refractivity contribution is -0.118. The summed E-state index contributed by atoms with van der Waals surface area (Å²) in [7, 11) is -1.73. The van der Waals surface area contributed by atoms with E-state index in [0.717, 1.165) is 6.42 Å².